The number of amides is 2. The molecule has 2 atom stereocenters. The van der Waals surface area contributed by atoms with Crippen molar-refractivity contribution in [2.75, 3.05) is 18.1 Å². The van der Waals surface area contributed by atoms with Gasteiger partial charge in [-0.1, -0.05) is 16.9 Å². The molecule has 0 radical (unpaired) electrons. The number of nitrogens with two attached hydrogens (primary N) is 1. The summed E-state index contributed by atoms with van der Waals surface area (Å²) >= 11 is 3.56. The largest absolute Gasteiger partial charge is 0.477 e. The Morgan fingerprint density at radius 2 is 2.33 bits per heavy atom. The number of fused-ring (bicyclic) bond motifs is 1. The number of carboxylic acid groups (broad SMARTS) is 1. The van der Waals surface area contributed by atoms with Gasteiger partial charge in [0.1, 0.15) is 28.9 Å². The van der Waals surface area contributed by atoms with Gasteiger partial charge in [-0.25, -0.2) is 14.5 Å². The number of β-lactam (4-membered cyclic amide) rings is 1. The fourth-order valence-electron chi connectivity index (χ4n) is 3.21. The molecule has 186 valence electrons. The number of rotatable bonds is 9. The number of nitriles is 1. The molecule has 4 heterocycles. The number of carbonyl (C=O) groups excluding carboxylic acids is 2. The number of hydrogen-bond donors (Lipinski definition) is 3. The van der Waals surface area contributed by atoms with E-state index in [4.69, 9.17) is 15.8 Å². The number of tetrazole rings is 1. The van der Waals surface area contributed by atoms with E-state index in [-0.39, 0.29) is 28.0 Å². The van der Waals surface area contributed by atoms with Gasteiger partial charge in [0.25, 0.3) is 11.8 Å². The summed E-state index contributed by atoms with van der Waals surface area (Å²) in [5.41, 5.74) is 5.74. The Bertz CT molecular complexity index is 1340. The van der Waals surface area contributed by atoms with Crippen molar-refractivity contribution >= 4 is 63.5 Å². The smallest absolute Gasteiger partial charge is 0.352 e. The van der Waals surface area contributed by atoms with Crippen molar-refractivity contribution in [1.29, 1.82) is 5.26 Å². The van der Waals surface area contributed by atoms with Crippen LogP contribution in [0.2, 0.25) is 0 Å². The van der Waals surface area contributed by atoms with E-state index in [1.165, 1.54) is 33.6 Å². The predicted molar refractivity (Wildman–Crippen MR) is 128 cm³/mol. The molecule has 0 spiro atoms. The van der Waals surface area contributed by atoms with Crippen LogP contribution in [0.5, 0.6) is 0 Å². The van der Waals surface area contributed by atoms with Gasteiger partial charge in [-0.15, -0.1) is 28.2 Å². The SMILES string of the molecule is Cn1nnnc1SC=CC1=C(C(=O)O)N2C(=O)C(NC(=O)C(=NOCC#N)c3csc(N)n3)C2SC1. The van der Waals surface area contributed by atoms with Crippen molar-refractivity contribution in [3.63, 3.8) is 0 Å². The van der Waals surface area contributed by atoms with Gasteiger partial charge in [0, 0.05) is 18.2 Å². The molecule has 2 unspecified atom stereocenters. The van der Waals surface area contributed by atoms with Crippen LogP contribution in [-0.2, 0) is 26.3 Å². The molecule has 36 heavy (non-hydrogen) atoms. The van der Waals surface area contributed by atoms with Crippen LogP contribution in [0, 0.1) is 11.3 Å². The van der Waals surface area contributed by atoms with E-state index in [0.717, 1.165) is 16.2 Å². The van der Waals surface area contributed by atoms with Crippen molar-refractivity contribution in [3.8, 4) is 6.07 Å². The Hall–Kier alpha value is -3.95. The number of carbonyl (C=O) groups is 3. The minimum Gasteiger partial charge on any atom is -0.477 e. The van der Waals surface area contributed by atoms with Gasteiger partial charge in [0.05, 0.1) is 0 Å². The molecule has 1 saturated heterocycles. The maximum atomic E-state index is 12.9. The number of carboxylic acids is 1. The van der Waals surface area contributed by atoms with Crippen LogP contribution < -0.4 is 11.1 Å². The summed E-state index contributed by atoms with van der Waals surface area (Å²) < 4.78 is 1.46. The van der Waals surface area contributed by atoms with Gasteiger partial charge >= 0.3 is 5.97 Å². The van der Waals surface area contributed by atoms with Gasteiger partial charge in [0.15, 0.2) is 10.8 Å². The van der Waals surface area contributed by atoms with E-state index in [1.54, 1.807) is 24.6 Å². The number of hydrogen-bond acceptors (Lipinski definition) is 14. The van der Waals surface area contributed by atoms with E-state index in [0.29, 0.717) is 10.7 Å². The third kappa shape index (κ3) is 5.02. The lowest BCUT2D eigenvalue weighted by molar-refractivity contribution is -0.150. The zero-order valence-corrected chi connectivity index (χ0v) is 20.7. The second kappa shape index (κ2) is 10.8. The molecule has 0 aliphatic carbocycles. The fraction of sp³-hybridized carbons (Fsp3) is 0.278. The molecule has 4 N–H and O–H groups in total. The number of nitrogens with one attached hydrogen (secondary N) is 1. The van der Waals surface area contributed by atoms with E-state index in [1.807, 2.05) is 0 Å². The van der Waals surface area contributed by atoms with Gasteiger partial charge < -0.3 is 21.0 Å². The first-order valence-electron chi connectivity index (χ1n) is 9.87. The quantitative estimate of drug-likeness (QED) is 0.119. The van der Waals surface area contributed by atoms with Gasteiger partial charge in [-0.3, -0.25) is 14.5 Å². The van der Waals surface area contributed by atoms with Crippen molar-refractivity contribution in [2.24, 2.45) is 12.2 Å². The molecule has 4 rings (SSSR count). The van der Waals surface area contributed by atoms with E-state index >= 15 is 0 Å². The summed E-state index contributed by atoms with van der Waals surface area (Å²) in [6.07, 6.45) is 1.59. The number of allylic oxidation sites excluding steroid dienone is 1. The van der Waals surface area contributed by atoms with Crippen LogP contribution in [0.4, 0.5) is 5.13 Å². The molecule has 2 aliphatic rings. The number of anilines is 1. The lowest BCUT2D eigenvalue weighted by Gasteiger charge is -2.49. The molecule has 2 aromatic heterocycles. The highest BCUT2D eigenvalue weighted by Crippen LogP contribution is 2.41. The number of aliphatic carboxylic acids is 1. The molecule has 18 heteroatoms. The average Bonchev–Trinajstić information content (AvgIpc) is 3.47. The van der Waals surface area contributed by atoms with E-state index in [2.05, 4.69) is 31.0 Å². The summed E-state index contributed by atoms with van der Waals surface area (Å²) in [7, 11) is 1.67. The monoisotopic (exact) mass is 548 g/mol. The highest BCUT2D eigenvalue weighted by atomic mass is 32.2. The Balaban J connectivity index is 1.50. The minimum atomic E-state index is -1.27. The predicted octanol–water partition coefficient (Wildman–Crippen LogP) is -0.462. The standard InChI is InChI=1S/C18H16N10O5S3/c1-27-18(23-25-26-27)34-5-2-8-6-35-15-11(14(30)28(15)12(8)16(31)32)22-13(29)10(24-33-4-3-19)9-7-36-17(20)21-9/h2,5,7,11,15H,4,6H2,1H3,(H2,20,21)(H,22,29)(H,31,32). The maximum Gasteiger partial charge on any atom is 0.352 e. The first-order chi connectivity index (χ1) is 17.3. The Labute approximate surface area is 215 Å². The molecule has 15 nitrogen and oxygen atoms in total. The topological polar surface area (TPSA) is 215 Å². The molecule has 0 aromatic carbocycles. The van der Waals surface area contributed by atoms with Crippen LogP contribution in [0.3, 0.4) is 0 Å². The van der Waals surface area contributed by atoms with Gasteiger partial charge in [-0.2, -0.15) is 5.26 Å². The highest BCUT2D eigenvalue weighted by molar-refractivity contribution is 8.02. The van der Waals surface area contributed by atoms with Crippen LogP contribution in [-0.4, -0.2) is 82.5 Å². The second-order valence-corrected chi connectivity index (χ2v) is 9.86. The summed E-state index contributed by atoms with van der Waals surface area (Å²) in [4.78, 5) is 47.8. The Morgan fingerprint density at radius 3 is 2.97 bits per heavy atom. The summed E-state index contributed by atoms with van der Waals surface area (Å²) in [6.45, 7) is -0.403. The molecule has 0 saturated carbocycles. The van der Waals surface area contributed by atoms with Crippen LogP contribution in [0.15, 0.2) is 38.4 Å². The number of oxime groups is 1. The number of nitrogen functional groups attached to an aromatic ring is 1. The molecule has 2 aliphatic heterocycles. The molecule has 2 aromatic rings. The van der Waals surface area contributed by atoms with Crippen LogP contribution in [0.1, 0.15) is 5.69 Å². The van der Waals surface area contributed by atoms with Crippen molar-refractivity contribution in [3.05, 3.63) is 33.8 Å². The lowest BCUT2D eigenvalue weighted by Crippen LogP contribution is -2.71. The lowest BCUT2D eigenvalue weighted by atomic mass is 10.0. The molecule has 0 bridgehead atoms. The Kier molecular flexibility index (Phi) is 7.52. The number of nitrogens with zero attached hydrogens (tertiary/aromatic N) is 8. The van der Waals surface area contributed by atoms with Crippen molar-refractivity contribution < 1.29 is 24.3 Å². The highest BCUT2D eigenvalue weighted by Gasteiger charge is 2.54. The molecular formula is C18H16N10O5S3. The van der Waals surface area contributed by atoms with Gasteiger partial charge in [-0.05, 0) is 27.5 Å². The number of aryl methyl sites for hydroxylation is 1. The van der Waals surface area contributed by atoms with Gasteiger partial charge in [0.2, 0.25) is 11.8 Å². The summed E-state index contributed by atoms with van der Waals surface area (Å²) in [5, 5.41) is 38.9. The molecular weight excluding hydrogens is 532 g/mol. The third-order valence-corrected chi connectivity index (χ3v) is 7.58. The van der Waals surface area contributed by atoms with Crippen molar-refractivity contribution in [1.82, 2.24) is 35.4 Å². The van der Waals surface area contributed by atoms with Crippen LogP contribution in [0.25, 0.3) is 0 Å². The number of thiazole rings is 1. The fourth-order valence-corrected chi connectivity index (χ4v) is 5.70. The van der Waals surface area contributed by atoms with Crippen molar-refractivity contribution in [2.45, 2.75) is 16.6 Å². The second-order valence-electron chi connectivity index (χ2n) is 6.99. The first kappa shape index (κ1) is 25.2. The Morgan fingerprint density at radius 1 is 1.53 bits per heavy atom. The zero-order chi connectivity index (χ0) is 25.8. The maximum absolute atomic E-state index is 12.9. The molecule has 1 fully saturated rings. The van der Waals surface area contributed by atoms with E-state index < -0.39 is 35.8 Å². The first-order valence-corrected chi connectivity index (χ1v) is 12.7. The molecule has 2 amide bonds. The third-order valence-electron chi connectivity index (χ3n) is 4.78. The van der Waals surface area contributed by atoms with E-state index in [9.17, 15) is 19.5 Å². The minimum absolute atomic E-state index is 0.113. The number of thioether (sulfide) groups is 2. The zero-order valence-electron chi connectivity index (χ0n) is 18.3. The summed E-state index contributed by atoms with van der Waals surface area (Å²) in [5.74, 6) is -2.36. The van der Waals surface area contributed by atoms with Crippen LogP contribution >= 0.6 is 34.9 Å². The summed E-state index contributed by atoms with van der Waals surface area (Å²) in [6, 6.07) is 0.723. The average molecular weight is 549 g/mol. The normalized spacial score (nSPS) is 19.6. The number of aromatic nitrogens is 5.